The second-order valence-corrected chi connectivity index (χ2v) is 5.93. The van der Waals surface area contributed by atoms with Gasteiger partial charge in [-0.05, 0) is 43.7 Å². The summed E-state index contributed by atoms with van der Waals surface area (Å²) in [6.07, 6.45) is 1.61. The van der Waals surface area contributed by atoms with Crippen LogP contribution in [-0.4, -0.2) is 34.0 Å². The minimum atomic E-state index is -1.03. The summed E-state index contributed by atoms with van der Waals surface area (Å²) in [6, 6.07) is 1.98. The molecule has 0 spiro atoms. The molecule has 1 aromatic heterocycles. The first-order valence-electron chi connectivity index (χ1n) is 6.02. The fourth-order valence-electron chi connectivity index (χ4n) is 2.40. The highest BCUT2D eigenvalue weighted by atomic mass is 32.1. The van der Waals surface area contributed by atoms with Crippen molar-refractivity contribution in [1.82, 2.24) is 4.90 Å². The molecule has 1 fully saturated rings. The number of likely N-dealkylation sites (tertiary alicyclic amines) is 1. The minimum absolute atomic E-state index is 0.0806. The maximum atomic E-state index is 12.3. The molecule has 1 unspecified atom stereocenters. The largest absolute Gasteiger partial charge is 0.480 e. The Hall–Kier alpha value is -1.36. The quantitative estimate of drug-likeness (QED) is 0.912. The van der Waals surface area contributed by atoms with Gasteiger partial charge in [0.05, 0.1) is 6.42 Å². The number of nitrogens with zero attached hydrogens (tertiary/aromatic N) is 1. The van der Waals surface area contributed by atoms with Crippen molar-refractivity contribution in [2.24, 2.45) is 0 Å². The molecule has 0 aliphatic carbocycles. The molecule has 4 nitrogen and oxygen atoms in total. The van der Waals surface area contributed by atoms with E-state index in [-0.39, 0.29) is 5.91 Å². The topological polar surface area (TPSA) is 57.6 Å². The van der Waals surface area contributed by atoms with Crippen LogP contribution in [0.3, 0.4) is 0 Å². The molecule has 1 aromatic rings. The lowest BCUT2D eigenvalue weighted by atomic mass is 9.99. The van der Waals surface area contributed by atoms with Crippen molar-refractivity contribution in [3.8, 4) is 0 Å². The van der Waals surface area contributed by atoms with Crippen molar-refractivity contribution in [2.45, 2.75) is 38.6 Å². The van der Waals surface area contributed by atoms with E-state index in [1.165, 1.54) is 4.90 Å². The Morgan fingerprint density at radius 2 is 2.28 bits per heavy atom. The summed E-state index contributed by atoms with van der Waals surface area (Å²) in [5, 5.41) is 11.2. The number of hydrogen-bond acceptors (Lipinski definition) is 3. The molecule has 1 saturated heterocycles. The fraction of sp³-hybridized carbons (Fsp3) is 0.538. The van der Waals surface area contributed by atoms with E-state index in [9.17, 15) is 14.7 Å². The van der Waals surface area contributed by atoms with E-state index in [0.29, 0.717) is 19.4 Å². The zero-order valence-electron chi connectivity index (χ0n) is 10.6. The number of amides is 1. The third-order valence-electron chi connectivity index (χ3n) is 3.68. The van der Waals surface area contributed by atoms with Gasteiger partial charge in [-0.15, -0.1) is 11.3 Å². The predicted octanol–water partition coefficient (Wildman–Crippen LogP) is 2.06. The van der Waals surface area contributed by atoms with Gasteiger partial charge >= 0.3 is 5.97 Å². The lowest BCUT2D eigenvalue weighted by molar-refractivity contribution is -0.155. The number of aryl methyl sites for hydroxylation is 1. The van der Waals surface area contributed by atoms with Gasteiger partial charge in [0.1, 0.15) is 5.54 Å². The van der Waals surface area contributed by atoms with E-state index in [4.69, 9.17) is 0 Å². The lowest BCUT2D eigenvalue weighted by Crippen LogP contribution is -2.51. The SMILES string of the molecule is Cc1ccsc1CC(=O)N1CCCC1(C)C(=O)O. The third kappa shape index (κ3) is 2.14. The molecule has 1 aliphatic rings. The number of thiophene rings is 1. The van der Waals surface area contributed by atoms with E-state index in [1.54, 1.807) is 18.3 Å². The van der Waals surface area contributed by atoms with Crippen molar-refractivity contribution >= 4 is 23.2 Å². The van der Waals surface area contributed by atoms with Gasteiger partial charge in [0.2, 0.25) is 5.91 Å². The highest BCUT2D eigenvalue weighted by molar-refractivity contribution is 7.10. The average Bonchev–Trinajstić information content (AvgIpc) is 2.87. The van der Waals surface area contributed by atoms with E-state index in [0.717, 1.165) is 16.9 Å². The van der Waals surface area contributed by atoms with Gasteiger partial charge < -0.3 is 10.0 Å². The summed E-state index contributed by atoms with van der Waals surface area (Å²) >= 11 is 1.55. The standard InChI is InChI=1S/C13H17NO3S/c1-9-4-7-18-10(9)8-11(15)14-6-3-5-13(14,2)12(16)17/h4,7H,3,5-6,8H2,1-2H3,(H,16,17). The summed E-state index contributed by atoms with van der Waals surface area (Å²) in [5.41, 5.74) is 0.0759. The molecule has 0 saturated carbocycles. The van der Waals surface area contributed by atoms with Gasteiger partial charge in [-0.25, -0.2) is 4.79 Å². The molecule has 18 heavy (non-hydrogen) atoms. The van der Waals surface area contributed by atoms with Crippen LogP contribution in [0.2, 0.25) is 0 Å². The number of carboxylic acid groups (broad SMARTS) is 1. The first-order chi connectivity index (χ1) is 8.45. The number of rotatable bonds is 3. The van der Waals surface area contributed by atoms with Gasteiger partial charge in [0, 0.05) is 11.4 Å². The molecule has 1 amide bonds. The highest BCUT2D eigenvalue weighted by Crippen LogP contribution is 2.30. The molecular formula is C13H17NO3S. The Kier molecular flexibility index (Phi) is 3.43. The van der Waals surface area contributed by atoms with Crippen LogP contribution in [0.1, 0.15) is 30.2 Å². The minimum Gasteiger partial charge on any atom is -0.480 e. The first-order valence-corrected chi connectivity index (χ1v) is 6.90. The molecule has 98 valence electrons. The molecule has 1 aliphatic heterocycles. The number of carbonyl (C=O) groups excluding carboxylic acids is 1. The predicted molar refractivity (Wildman–Crippen MR) is 69.7 cm³/mol. The van der Waals surface area contributed by atoms with Gasteiger partial charge in [-0.2, -0.15) is 0 Å². The molecule has 1 atom stereocenters. The Labute approximate surface area is 110 Å². The Morgan fingerprint density at radius 1 is 1.56 bits per heavy atom. The number of aliphatic carboxylic acids is 1. The Balaban J connectivity index is 2.14. The summed E-state index contributed by atoms with van der Waals surface area (Å²) < 4.78 is 0. The molecule has 1 N–H and O–H groups in total. The van der Waals surface area contributed by atoms with Gasteiger partial charge in [0.25, 0.3) is 0 Å². The van der Waals surface area contributed by atoms with Crippen LogP contribution in [-0.2, 0) is 16.0 Å². The van der Waals surface area contributed by atoms with E-state index < -0.39 is 11.5 Å². The van der Waals surface area contributed by atoms with E-state index in [1.807, 2.05) is 18.4 Å². The molecule has 2 heterocycles. The number of hydrogen-bond donors (Lipinski definition) is 1. The maximum Gasteiger partial charge on any atom is 0.329 e. The summed E-state index contributed by atoms with van der Waals surface area (Å²) in [5.74, 6) is -0.987. The second-order valence-electron chi connectivity index (χ2n) is 4.93. The van der Waals surface area contributed by atoms with E-state index >= 15 is 0 Å². The second kappa shape index (κ2) is 4.72. The van der Waals surface area contributed by atoms with Crippen LogP contribution in [0, 0.1) is 6.92 Å². The van der Waals surface area contributed by atoms with E-state index in [2.05, 4.69) is 0 Å². The van der Waals surface area contributed by atoms with Crippen molar-refractivity contribution < 1.29 is 14.7 Å². The number of carbonyl (C=O) groups is 2. The summed E-state index contributed by atoms with van der Waals surface area (Å²) in [6.45, 7) is 4.16. The molecule has 5 heteroatoms. The molecule has 2 rings (SSSR count). The zero-order chi connectivity index (χ0) is 13.3. The van der Waals surface area contributed by atoms with Gasteiger partial charge in [0.15, 0.2) is 0 Å². The van der Waals surface area contributed by atoms with Crippen molar-refractivity contribution in [2.75, 3.05) is 6.54 Å². The van der Waals surface area contributed by atoms with Crippen LogP contribution in [0.25, 0.3) is 0 Å². The molecular weight excluding hydrogens is 250 g/mol. The molecule has 0 radical (unpaired) electrons. The van der Waals surface area contributed by atoms with Crippen molar-refractivity contribution in [3.05, 3.63) is 21.9 Å². The molecule has 0 bridgehead atoms. The van der Waals surface area contributed by atoms with Crippen molar-refractivity contribution in [1.29, 1.82) is 0 Å². The third-order valence-corrected chi connectivity index (χ3v) is 4.71. The lowest BCUT2D eigenvalue weighted by Gasteiger charge is -2.31. The first kappa shape index (κ1) is 13.1. The van der Waals surface area contributed by atoms with Crippen LogP contribution in [0.15, 0.2) is 11.4 Å². The smallest absolute Gasteiger partial charge is 0.329 e. The Bertz CT molecular complexity index is 482. The zero-order valence-corrected chi connectivity index (χ0v) is 11.4. The van der Waals surface area contributed by atoms with Gasteiger partial charge in [-0.1, -0.05) is 0 Å². The fourth-order valence-corrected chi connectivity index (χ4v) is 3.30. The van der Waals surface area contributed by atoms with Crippen LogP contribution >= 0.6 is 11.3 Å². The van der Waals surface area contributed by atoms with Gasteiger partial charge in [-0.3, -0.25) is 4.79 Å². The van der Waals surface area contributed by atoms with Crippen LogP contribution in [0.5, 0.6) is 0 Å². The Morgan fingerprint density at radius 3 is 2.83 bits per heavy atom. The molecule has 0 aromatic carbocycles. The number of carboxylic acids is 1. The monoisotopic (exact) mass is 267 g/mol. The normalized spacial score (nSPS) is 23.3. The summed E-state index contributed by atoms with van der Waals surface area (Å²) in [4.78, 5) is 26.1. The maximum absolute atomic E-state index is 12.3. The highest BCUT2D eigenvalue weighted by Gasteiger charge is 2.45. The van der Waals surface area contributed by atoms with Crippen LogP contribution in [0.4, 0.5) is 0 Å². The average molecular weight is 267 g/mol. The van der Waals surface area contributed by atoms with Crippen LogP contribution < -0.4 is 0 Å². The summed E-state index contributed by atoms with van der Waals surface area (Å²) in [7, 11) is 0. The van der Waals surface area contributed by atoms with Crippen molar-refractivity contribution in [3.63, 3.8) is 0 Å².